The number of non-ortho nitro benzene ring substituents is 1. The number of nitrogens with zero attached hydrogens (tertiary/aromatic N) is 2. The Balaban J connectivity index is 1.77. The van der Waals surface area contributed by atoms with E-state index in [1.807, 2.05) is 12.1 Å². The number of anilines is 1. The molecule has 4 aliphatic rings. The number of nitro benzene ring substituents is 1. The molecule has 0 N–H and O–H groups in total. The molecule has 22 heavy (non-hydrogen) atoms. The summed E-state index contributed by atoms with van der Waals surface area (Å²) in [5.41, 5.74) is 3.93. The fraction of sp³-hybridized carbons (Fsp3) is 0.444. The average Bonchev–Trinajstić information content (AvgIpc) is 3.15. The van der Waals surface area contributed by atoms with Crippen molar-refractivity contribution in [2.24, 2.45) is 11.8 Å². The van der Waals surface area contributed by atoms with Crippen molar-refractivity contribution in [2.75, 3.05) is 18.0 Å². The lowest BCUT2D eigenvalue weighted by atomic mass is 9.75. The van der Waals surface area contributed by atoms with E-state index >= 15 is 0 Å². The lowest BCUT2D eigenvalue weighted by Crippen LogP contribution is -2.43. The Morgan fingerprint density at radius 1 is 1.00 bits per heavy atom. The number of benzene rings is 1. The lowest BCUT2D eigenvalue weighted by Gasteiger charge is -2.45. The first-order chi connectivity index (χ1) is 10.7. The van der Waals surface area contributed by atoms with Crippen LogP contribution in [-0.2, 0) is 0 Å². The predicted octanol–water partition coefficient (Wildman–Crippen LogP) is 3.75. The van der Waals surface area contributed by atoms with Gasteiger partial charge in [-0.1, -0.05) is 24.3 Å². The van der Waals surface area contributed by atoms with E-state index in [9.17, 15) is 10.1 Å². The second-order valence-corrected chi connectivity index (χ2v) is 7.03. The van der Waals surface area contributed by atoms with E-state index in [2.05, 4.69) is 29.2 Å². The van der Waals surface area contributed by atoms with Gasteiger partial charge in [-0.2, -0.15) is 0 Å². The molecule has 4 nitrogen and oxygen atoms in total. The van der Waals surface area contributed by atoms with E-state index in [0.29, 0.717) is 23.7 Å². The molecular formula is C18H18N2O2. The van der Waals surface area contributed by atoms with E-state index in [1.165, 1.54) is 16.8 Å². The largest absolute Gasteiger partial charge is 0.370 e. The fourth-order valence-electron chi connectivity index (χ4n) is 4.96. The Morgan fingerprint density at radius 2 is 1.55 bits per heavy atom. The molecule has 0 radical (unpaired) electrons. The van der Waals surface area contributed by atoms with Crippen LogP contribution in [0.4, 0.5) is 11.4 Å². The van der Waals surface area contributed by atoms with Crippen LogP contribution in [0.5, 0.6) is 0 Å². The van der Waals surface area contributed by atoms with Gasteiger partial charge >= 0.3 is 0 Å². The number of allylic oxidation sites excluding steroid dienone is 4. The van der Waals surface area contributed by atoms with Crippen molar-refractivity contribution >= 4 is 11.4 Å². The summed E-state index contributed by atoms with van der Waals surface area (Å²) in [7, 11) is 0. The van der Waals surface area contributed by atoms with Crippen molar-refractivity contribution in [3.8, 4) is 0 Å². The van der Waals surface area contributed by atoms with Crippen molar-refractivity contribution in [1.29, 1.82) is 0 Å². The van der Waals surface area contributed by atoms with Crippen LogP contribution in [0.15, 0.2) is 36.4 Å². The zero-order valence-electron chi connectivity index (χ0n) is 12.3. The summed E-state index contributed by atoms with van der Waals surface area (Å²) in [4.78, 5) is 13.7. The van der Waals surface area contributed by atoms with Crippen LogP contribution in [0.2, 0.25) is 0 Å². The van der Waals surface area contributed by atoms with Crippen LogP contribution >= 0.6 is 0 Å². The number of nitro groups is 1. The van der Waals surface area contributed by atoms with Crippen molar-refractivity contribution in [1.82, 2.24) is 0 Å². The van der Waals surface area contributed by atoms with Crippen LogP contribution in [0.25, 0.3) is 0 Å². The van der Waals surface area contributed by atoms with Gasteiger partial charge in [-0.3, -0.25) is 10.1 Å². The van der Waals surface area contributed by atoms with Gasteiger partial charge in [-0.05, 0) is 35.8 Å². The van der Waals surface area contributed by atoms with Gasteiger partial charge in [0.25, 0.3) is 5.69 Å². The highest BCUT2D eigenvalue weighted by Crippen LogP contribution is 2.53. The Kier molecular flexibility index (Phi) is 2.38. The van der Waals surface area contributed by atoms with Crippen LogP contribution in [0.1, 0.15) is 35.8 Å². The van der Waals surface area contributed by atoms with Gasteiger partial charge in [0.2, 0.25) is 0 Å². The standard InChI is InChI=1S/C18H18N2O2/c21-20(22)13-7-16-14-5-1-3-11(14)9-19-10-12-4-2-6-15(12)17(8-13)18(16)19/h1-2,5-8,11-12,14-15H,3-4,9-10H2/t11-,12+,14-,15+. The van der Waals surface area contributed by atoms with Crippen LogP contribution in [0, 0.1) is 22.0 Å². The molecule has 0 fully saturated rings. The quantitative estimate of drug-likeness (QED) is 0.450. The average molecular weight is 294 g/mol. The minimum atomic E-state index is -0.230. The van der Waals surface area contributed by atoms with Crippen LogP contribution < -0.4 is 4.90 Å². The smallest absolute Gasteiger partial charge is 0.270 e. The Hall–Kier alpha value is -2.10. The van der Waals surface area contributed by atoms with Crippen LogP contribution in [-0.4, -0.2) is 18.0 Å². The summed E-state index contributed by atoms with van der Waals surface area (Å²) in [6.07, 6.45) is 11.2. The number of hydrogen-bond donors (Lipinski definition) is 0. The van der Waals surface area contributed by atoms with Crippen LogP contribution in [0.3, 0.4) is 0 Å². The van der Waals surface area contributed by atoms with E-state index in [4.69, 9.17) is 0 Å². The molecule has 1 aromatic carbocycles. The molecule has 0 unspecified atom stereocenters. The Labute approximate surface area is 129 Å². The predicted molar refractivity (Wildman–Crippen MR) is 85.3 cm³/mol. The van der Waals surface area contributed by atoms with Gasteiger partial charge in [0.1, 0.15) is 0 Å². The van der Waals surface area contributed by atoms with Gasteiger partial charge in [0.05, 0.1) is 4.92 Å². The molecule has 0 saturated carbocycles. The second kappa shape index (κ2) is 4.22. The summed E-state index contributed by atoms with van der Waals surface area (Å²) in [6.45, 7) is 2.19. The Bertz CT molecular complexity index is 686. The molecule has 4 heteroatoms. The lowest BCUT2D eigenvalue weighted by molar-refractivity contribution is -0.385. The Morgan fingerprint density at radius 3 is 2.05 bits per heavy atom. The van der Waals surface area contributed by atoms with Gasteiger partial charge in [-0.15, -0.1) is 0 Å². The molecule has 0 saturated heterocycles. The minimum Gasteiger partial charge on any atom is -0.370 e. The van der Waals surface area contributed by atoms with Crippen molar-refractivity contribution in [2.45, 2.75) is 24.7 Å². The molecule has 0 amide bonds. The van der Waals surface area contributed by atoms with E-state index in [-0.39, 0.29) is 10.6 Å². The van der Waals surface area contributed by atoms with E-state index in [0.717, 1.165) is 25.9 Å². The maximum Gasteiger partial charge on any atom is 0.270 e. The molecule has 1 aromatic rings. The fourth-order valence-corrected chi connectivity index (χ4v) is 4.96. The highest BCUT2D eigenvalue weighted by molar-refractivity contribution is 5.71. The van der Waals surface area contributed by atoms with Crippen molar-refractivity contribution < 1.29 is 4.92 Å². The molecule has 2 aliphatic carbocycles. The first kappa shape index (κ1) is 12.4. The van der Waals surface area contributed by atoms with Gasteiger partial charge in [0, 0.05) is 42.7 Å². The van der Waals surface area contributed by atoms with Gasteiger partial charge < -0.3 is 4.90 Å². The molecule has 2 heterocycles. The summed E-state index contributed by atoms with van der Waals surface area (Å²) >= 11 is 0. The molecule has 2 aliphatic heterocycles. The molecule has 0 aromatic heterocycles. The van der Waals surface area contributed by atoms with Gasteiger partial charge in [0.15, 0.2) is 0 Å². The summed E-state index contributed by atoms with van der Waals surface area (Å²) in [6, 6.07) is 3.66. The number of hydrogen-bond acceptors (Lipinski definition) is 3. The SMILES string of the molecule is O=[N+]([O-])c1cc2c3c(c1)[C@@H]1C=CC[C@@H]1CN3C[C@@H]1CC=C[C@H]21. The van der Waals surface area contributed by atoms with Crippen molar-refractivity contribution in [3.05, 3.63) is 57.7 Å². The molecule has 0 bridgehead atoms. The maximum atomic E-state index is 11.4. The van der Waals surface area contributed by atoms with E-state index in [1.54, 1.807) is 0 Å². The topological polar surface area (TPSA) is 46.4 Å². The molecule has 4 atom stereocenters. The summed E-state index contributed by atoms with van der Waals surface area (Å²) in [5, 5.41) is 11.4. The minimum absolute atomic E-state index is 0.230. The number of rotatable bonds is 1. The monoisotopic (exact) mass is 294 g/mol. The van der Waals surface area contributed by atoms with Gasteiger partial charge in [-0.25, -0.2) is 0 Å². The summed E-state index contributed by atoms with van der Waals surface area (Å²) in [5.74, 6) is 1.92. The third kappa shape index (κ3) is 1.52. The highest BCUT2D eigenvalue weighted by Gasteiger charge is 2.43. The third-order valence-electron chi connectivity index (χ3n) is 5.89. The zero-order valence-corrected chi connectivity index (χ0v) is 12.3. The summed E-state index contributed by atoms with van der Waals surface area (Å²) < 4.78 is 0. The molecule has 0 spiro atoms. The zero-order chi connectivity index (χ0) is 14.8. The number of fused-ring (bicyclic) bond motifs is 4. The molecular weight excluding hydrogens is 276 g/mol. The first-order valence-electron chi connectivity index (χ1n) is 8.13. The highest BCUT2D eigenvalue weighted by atomic mass is 16.6. The van der Waals surface area contributed by atoms with Crippen molar-refractivity contribution in [3.63, 3.8) is 0 Å². The van der Waals surface area contributed by atoms with E-state index < -0.39 is 0 Å². The third-order valence-corrected chi connectivity index (χ3v) is 5.89. The maximum absolute atomic E-state index is 11.4. The normalized spacial score (nSPS) is 33.5. The molecule has 112 valence electrons. The second-order valence-electron chi connectivity index (χ2n) is 7.03. The molecule has 5 rings (SSSR count). The first-order valence-corrected chi connectivity index (χ1v) is 8.13.